The zero-order chi connectivity index (χ0) is 13.2. The van der Waals surface area contributed by atoms with E-state index in [0.717, 1.165) is 29.3 Å². The zero-order valence-corrected chi connectivity index (χ0v) is 11.2. The molecule has 3 heteroatoms. The Morgan fingerprint density at radius 1 is 1.32 bits per heavy atom. The summed E-state index contributed by atoms with van der Waals surface area (Å²) in [4.78, 5) is 4.26. The molecule has 1 aliphatic heterocycles. The van der Waals surface area contributed by atoms with Crippen LogP contribution in [0, 0.1) is 5.92 Å². The fraction of sp³-hybridized carbons (Fsp3) is 0.438. The highest BCUT2D eigenvalue weighted by molar-refractivity contribution is 5.85. The first-order valence-electron chi connectivity index (χ1n) is 7.00. The van der Waals surface area contributed by atoms with Crippen molar-refractivity contribution in [1.29, 1.82) is 0 Å². The smallest absolute Gasteiger partial charge is 0.0963 e. The van der Waals surface area contributed by atoms with Crippen molar-refractivity contribution in [2.45, 2.75) is 31.9 Å². The van der Waals surface area contributed by atoms with Crippen LogP contribution in [0.2, 0.25) is 0 Å². The third kappa shape index (κ3) is 2.48. The normalized spacial score (nSPS) is 25.4. The van der Waals surface area contributed by atoms with Gasteiger partial charge in [0.1, 0.15) is 0 Å². The molecule has 2 aromatic rings. The molecule has 1 saturated heterocycles. The van der Waals surface area contributed by atoms with E-state index in [0.29, 0.717) is 5.92 Å². The van der Waals surface area contributed by atoms with Crippen LogP contribution in [0.4, 0.5) is 0 Å². The summed E-state index contributed by atoms with van der Waals surface area (Å²) in [5, 5.41) is 16.3. The van der Waals surface area contributed by atoms with Gasteiger partial charge in [-0.15, -0.1) is 0 Å². The molecule has 0 spiro atoms. The van der Waals surface area contributed by atoms with Gasteiger partial charge in [0.25, 0.3) is 0 Å². The Morgan fingerprint density at radius 3 is 3.00 bits per heavy atom. The minimum atomic E-state index is -0.485. The third-order valence-electron chi connectivity index (χ3n) is 4.10. The topological polar surface area (TPSA) is 45.1 Å². The molecule has 3 atom stereocenters. The highest BCUT2D eigenvalue weighted by Crippen LogP contribution is 2.29. The highest BCUT2D eigenvalue weighted by Gasteiger charge is 2.27. The molecule has 0 radical (unpaired) electrons. The molecule has 3 nitrogen and oxygen atoms in total. The molecule has 0 amide bonds. The molecule has 0 aliphatic carbocycles. The molecule has 3 unspecified atom stereocenters. The molecule has 2 heterocycles. The van der Waals surface area contributed by atoms with Gasteiger partial charge in [-0.05, 0) is 30.7 Å². The number of nitrogens with zero attached hydrogens (tertiary/aromatic N) is 1. The van der Waals surface area contributed by atoms with E-state index in [2.05, 4.69) is 23.3 Å². The molecule has 19 heavy (non-hydrogen) atoms. The Morgan fingerprint density at radius 2 is 2.16 bits per heavy atom. The summed E-state index contributed by atoms with van der Waals surface area (Å²) in [7, 11) is 0. The highest BCUT2D eigenvalue weighted by atomic mass is 16.3. The summed E-state index contributed by atoms with van der Waals surface area (Å²) in [6.07, 6.45) is 5.37. The average Bonchev–Trinajstić information content (AvgIpc) is 2.46. The van der Waals surface area contributed by atoms with Crippen molar-refractivity contribution in [2.75, 3.05) is 6.54 Å². The number of aliphatic hydroxyl groups is 1. The number of pyridine rings is 1. The predicted octanol–water partition coefficient (Wildman–Crippen LogP) is 2.66. The number of nitrogens with one attached hydrogen (secondary N) is 1. The number of rotatable bonds is 2. The van der Waals surface area contributed by atoms with Crippen LogP contribution in [-0.2, 0) is 0 Å². The van der Waals surface area contributed by atoms with Crippen molar-refractivity contribution < 1.29 is 5.11 Å². The number of aliphatic hydroxyl groups excluding tert-OH is 1. The molecule has 1 aromatic heterocycles. The van der Waals surface area contributed by atoms with E-state index in [1.54, 1.807) is 6.20 Å². The number of hydrogen-bond acceptors (Lipinski definition) is 3. The van der Waals surface area contributed by atoms with Gasteiger partial charge in [0.15, 0.2) is 0 Å². The Labute approximate surface area is 113 Å². The Hall–Kier alpha value is -1.45. The van der Waals surface area contributed by atoms with Gasteiger partial charge in [0, 0.05) is 29.4 Å². The standard InChI is InChI=1S/C16H20N2O/c1-11-6-7-18-15(8-11)16(19)14-10-17-9-12-4-2-3-5-13(12)14/h2-5,9-11,15-16,18-19H,6-8H2,1H3. The number of fused-ring (bicyclic) bond motifs is 1. The van der Waals surface area contributed by atoms with Crippen molar-refractivity contribution in [1.82, 2.24) is 10.3 Å². The third-order valence-corrected chi connectivity index (χ3v) is 4.10. The van der Waals surface area contributed by atoms with Gasteiger partial charge in [-0.2, -0.15) is 0 Å². The van der Waals surface area contributed by atoms with Gasteiger partial charge in [0.2, 0.25) is 0 Å². The monoisotopic (exact) mass is 256 g/mol. The fourth-order valence-electron chi connectivity index (χ4n) is 2.98. The quantitative estimate of drug-likeness (QED) is 0.868. The first kappa shape index (κ1) is 12.6. The molecule has 100 valence electrons. The van der Waals surface area contributed by atoms with Gasteiger partial charge in [-0.3, -0.25) is 4.98 Å². The number of benzene rings is 1. The summed E-state index contributed by atoms with van der Waals surface area (Å²) < 4.78 is 0. The fourth-order valence-corrected chi connectivity index (χ4v) is 2.98. The van der Waals surface area contributed by atoms with E-state index in [9.17, 15) is 5.11 Å². The number of piperidine rings is 1. The lowest BCUT2D eigenvalue weighted by atomic mass is 9.88. The minimum absolute atomic E-state index is 0.136. The SMILES string of the molecule is CC1CCNC(C(O)c2cncc3ccccc23)C1. The van der Waals surface area contributed by atoms with E-state index < -0.39 is 6.10 Å². The van der Waals surface area contributed by atoms with E-state index in [-0.39, 0.29) is 6.04 Å². The van der Waals surface area contributed by atoms with Crippen LogP contribution in [0.1, 0.15) is 31.4 Å². The summed E-state index contributed by atoms with van der Waals surface area (Å²) in [5.74, 6) is 0.670. The van der Waals surface area contributed by atoms with E-state index >= 15 is 0 Å². The van der Waals surface area contributed by atoms with Crippen molar-refractivity contribution in [3.05, 3.63) is 42.2 Å². The molecule has 3 rings (SSSR count). The first-order chi connectivity index (χ1) is 9.25. The van der Waals surface area contributed by atoms with Crippen LogP contribution < -0.4 is 5.32 Å². The van der Waals surface area contributed by atoms with Gasteiger partial charge >= 0.3 is 0 Å². The lowest BCUT2D eigenvalue weighted by molar-refractivity contribution is 0.102. The van der Waals surface area contributed by atoms with Gasteiger partial charge < -0.3 is 10.4 Å². The number of aromatic nitrogens is 1. The molecular weight excluding hydrogens is 236 g/mol. The molecule has 0 bridgehead atoms. The summed E-state index contributed by atoms with van der Waals surface area (Å²) in [5.41, 5.74) is 0.935. The lowest BCUT2D eigenvalue weighted by Gasteiger charge is -2.32. The van der Waals surface area contributed by atoms with Gasteiger partial charge in [-0.1, -0.05) is 31.2 Å². The Balaban J connectivity index is 1.95. The molecule has 1 aromatic carbocycles. The molecular formula is C16H20N2O. The predicted molar refractivity (Wildman–Crippen MR) is 76.9 cm³/mol. The maximum absolute atomic E-state index is 10.7. The van der Waals surface area contributed by atoms with Crippen LogP contribution in [0.15, 0.2) is 36.7 Å². The maximum Gasteiger partial charge on any atom is 0.0963 e. The van der Waals surface area contributed by atoms with Crippen LogP contribution in [-0.4, -0.2) is 22.7 Å². The second-order valence-corrected chi connectivity index (χ2v) is 5.58. The Kier molecular flexibility index (Phi) is 3.49. The lowest BCUT2D eigenvalue weighted by Crippen LogP contribution is -2.41. The van der Waals surface area contributed by atoms with Crippen molar-refractivity contribution in [3.8, 4) is 0 Å². The van der Waals surface area contributed by atoms with Crippen LogP contribution in [0.3, 0.4) is 0 Å². The molecule has 1 aliphatic rings. The number of hydrogen-bond donors (Lipinski definition) is 2. The zero-order valence-electron chi connectivity index (χ0n) is 11.2. The second kappa shape index (κ2) is 5.27. The van der Waals surface area contributed by atoms with Crippen LogP contribution in [0.25, 0.3) is 10.8 Å². The average molecular weight is 256 g/mol. The molecule has 1 fully saturated rings. The first-order valence-corrected chi connectivity index (χ1v) is 7.00. The van der Waals surface area contributed by atoms with Crippen molar-refractivity contribution in [3.63, 3.8) is 0 Å². The van der Waals surface area contributed by atoms with E-state index in [1.165, 1.54) is 6.42 Å². The summed E-state index contributed by atoms with van der Waals surface area (Å²) in [6, 6.07) is 8.24. The maximum atomic E-state index is 10.7. The van der Waals surface area contributed by atoms with Gasteiger partial charge in [0.05, 0.1) is 6.10 Å². The Bertz CT molecular complexity index is 564. The van der Waals surface area contributed by atoms with Crippen molar-refractivity contribution in [2.24, 2.45) is 5.92 Å². The summed E-state index contributed by atoms with van der Waals surface area (Å²) >= 11 is 0. The summed E-state index contributed by atoms with van der Waals surface area (Å²) in [6.45, 7) is 3.24. The minimum Gasteiger partial charge on any atom is -0.387 e. The van der Waals surface area contributed by atoms with Crippen molar-refractivity contribution >= 4 is 10.8 Å². The second-order valence-electron chi connectivity index (χ2n) is 5.58. The van der Waals surface area contributed by atoms with Crippen LogP contribution in [0.5, 0.6) is 0 Å². The largest absolute Gasteiger partial charge is 0.387 e. The molecule has 0 saturated carbocycles. The van der Waals surface area contributed by atoms with E-state index in [4.69, 9.17) is 0 Å². The van der Waals surface area contributed by atoms with E-state index in [1.807, 2.05) is 24.4 Å². The molecule has 2 N–H and O–H groups in total. The van der Waals surface area contributed by atoms with Crippen LogP contribution >= 0.6 is 0 Å². The van der Waals surface area contributed by atoms with Gasteiger partial charge in [-0.25, -0.2) is 0 Å².